The zero-order chi connectivity index (χ0) is 14.2. The summed E-state index contributed by atoms with van der Waals surface area (Å²) in [5, 5.41) is 13.1. The summed E-state index contributed by atoms with van der Waals surface area (Å²) < 4.78 is 1.88. The van der Waals surface area contributed by atoms with E-state index in [1.54, 1.807) is 12.5 Å². The lowest BCUT2D eigenvalue weighted by molar-refractivity contribution is 0.364. The highest BCUT2D eigenvalue weighted by molar-refractivity contribution is 5.43. The third kappa shape index (κ3) is 2.15. The fourth-order valence-electron chi connectivity index (χ4n) is 2.87. The molecule has 0 amide bonds. The fourth-order valence-corrected chi connectivity index (χ4v) is 2.87. The summed E-state index contributed by atoms with van der Waals surface area (Å²) in [5.41, 5.74) is 1.79. The van der Waals surface area contributed by atoms with Gasteiger partial charge in [0, 0.05) is 37.0 Å². The van der Waals surface area contributed by atoms with E-state index in [4.69, 9.17) is 5.26 Å². The molecule has 0 aromatic carbocycles. The van der Waals surface area contributed by atoms with Gasteiger partial charge in [0.2, 0.25) is 0 Å². The van der Waals surface area contributed by atoms with Gasteiger partial charge >= 0.3 is 0 Å². The Morgan fingerprint density at radius 1 is 1.24 bits per heavy atom. The molecule has 21 heavy (non-hydrogen) atoms. The molecular weight excluding hydrogens is 264 g/mol. The largest absolute Gasteiger partial charge is 0.352 e. The average Bonchev–Trinajstić information content (AvgIpc) is 2.84. The summed E-state index contributed by atoms with van der Waals surface area (Å²) in [7, 11) is 0. The van der Waals surface area contributed by atoms with E-state index in [1.807, 2.05) is 10.9 Å². The van der Waals surface area contributed by atoms with E-state index in [9.17, 15) is 0 Å². The van der Waals surface area contributed by atoms with Crippen LogP contribution in [0.4, 0.5) is 5.82 Å². The third-order valence-electron chi connectivity index (χ3n) is 4.49. The molecule has 1 aliphatic carbocycles. The van der Waals surface area contributed by atoms with Crippen molar-refractivity contribution in [2.45, 2.75) is 31.2 Å². The zero-order valence-electron chi connectivity index (χ0n) is 11.7. The van der Waals surface area contributed by atoms with Crippen LogP contribution in [0.15, 0.2) is 24.8 Å². The van der Waals surface area contributed by atoms with E-state index < -0.39 is 0 Å². The second-order valence-electron chi connectivity index (χ2n) is 5.81. The molecule has 0 unspecified atom stereocenters. The normalized spacial score (nSPS) is 18.9. The van der Waals surface area contributed by atoms with Crippen molar-refractivity contribution < 1.29 is 0 Å². The molecule has 2 aliphatic rings. The number of rotatable bonds is 3. The van der Waals surface area contributed by atoms with Gasteiger partial charge in [-0.15, -0.1) is 0 Å². The Labute approximate surface area is 123 Å². The highest BCUT2D eigenvalue weighted by Gasteiger charge is 2.31. The predicted molar refractivity (Wildman–Crippen MR) is 76.8 cm³/mol. The molecule has 2 aromatic rings. The maximum Gasteiger partial charge on any atom is 0.132 e. The number of hydrogen-bond acceptors (Lipinski definition) is 5. The zero-order valence-corrected chi connectivity index (χ0v) is 11.7. The van der Waals surface area contributed by atoms with Gasteiger partial charge in [-0.1, -0.05) is 6.42 Å². The van der Waals surface area contributed by atoms with E-state index >= 15 is 0 Å². The second kappa shape index (κ2) is 4.85. The molecule has 6 nitrogen and oxygen atoms in total. The molecule has 0 atom stereocenters. The minimum atomic E-state index is 0.328. The highest BCUT2D eigenvalue weighted by Crippen LogP contribution is 2.36. The van der Waals surface area contributed by atoms with Crippen molar-refractivity contribution in [1.29, 1.82) is 5.26 Å². The Bertz CT molecular complexity index is 690. The summed E-state index contributed by atoms with van der Waals surface area (Å²) in [6.45, 7) is 1.77. The summed E-state index contributed by atoms with van der Waals surface area (Å²) in [6, 6.07) is 4.57. The Balaban J connectivity index is 1.44. The number of nitrogens with zero attached hydrogens (tertiary/aromatic N) is 6. The van der Waals surface area contributed by atoms with Gasteiger partial charge in [-0.25, -0.2) is 9.97 Å². The molecule has 1 saturated heterocycles. The molecule has 0 spiro atoms. The van der Waals surface area contributed by atoms with Gasteiger partial charge in [-0.05, 0) is 12.8 Å². The van der Waals surface area contributed by atoms with Gasteiger partial charge < -0.3 is 4.90 Å². The van der Waals surface area contributed by atoms with Crippen LogP contribution in [0.1, 0.15) is 42.5 Å². The third-order valence-corrected chi connectivity index (χ3v) is 4.49. The quantitative estimate of drug-likeness (QED) is 0.858. The first kappa shape index (κ1) is 12.3. The van der Waals surface area contributed by atoms with Crippen molar-refractivity contribution in [3.05, 3.63) is 36.0 Å². The lowest BCUT2D eigenvalue weighted by atomic mass is 9.83. The van der Waals surface area contributed by atoms with E-state index in [0.29, 0.717) is 17.5 Å². The van der Waals surface area contributed by atoms with Crippen molar-refractivity contribution in [1.82, 2.24) is 19.7 Å². The number of hydrogen-bond donors (Lipinski definition) is 0. The summed E-state index contributed by atoms with van der Waals surface area (Å²) in [4.78, 5) is 11.0. The Kier molecular flexibility index (Phi) is 2.85. The smallest absolute Gasteiger partial charge is 0.132 e. The summed E-state index contributed by atoms with van der Waals surface area (Å²) in [6.07, 6.45) is 8.92. The van der Waals surface area contributed by atoms with Crippen molar-refractivity contribution in [2.75, 3.05) is 18.0 Å². The lowest BCUT2D eigenvalue weighted by Gasteiger charge is -2.40. The van der Waals surface area contributed by atoms with Crippen molar-refractivity contribution >= 4 is 5.82 Å². The van der Waals surface area contributed by atoms with Crippen LogP contribution in [0.25, 0.3) is 0 Å². The van der Waals surface area contributed by atoms with Crippen LogP contribution >= 0.6 is 0 Å². The molecule has 106 valence electrons. The maximum absolute atomic E-state index is 8.83. The fraction of sp³-hybridized carbons (Fsp3) is 0.467. The monoisotopic (exact) mass is 280 g/mol. The molecule has 4 rings (SSSR count). The lowest BCUT2D eigenvalue weighted by Crippen LogP contribution is -2.48. The van der Waals surface area contributed by atoms with E-state index in [2.05, 4.69) is 32.1 Å². The highest BCUT2D eigenvalue weighted by atomic mass is 15.4. The van der Waals surface area contributed by atoms with Crippen LogP contribution in [0.2, 0.25) is 0 Å². The van der Waals surface area contributed by atoms with Crippen molar-refractivity contribution in [3.63, 3.8) is 0 Å². The SMILES string of the molecule is N#Cc1cnn(C2CN(c3cc(C4CCC4)ncn3)C2)c1. The number of anilines is 1. The van der Waals surface area contributed by atoms with Gasteiger partial charge in [0.1, 0.15) is 18.2 Å². The first-order valence-corrected chi connectivity index (χ1v) is 7.34. The van der Waals surface area contributed by atoms with E-state index in [1.165, 1.54) is 25.0 Å². The van der Waals surface area contributed by atoms with Crippen LogP contribution in [-0.2, 0) is 0 Å². The first-order valence-electron chi connectivity index (χ1n) is 7.34. The average molecular weight is 280 g/mol. The predicted octanol–water partition coefficient (Wildman–Crippen LogP) is 1.87. The van der Waals surface area contributed by atoms with Crippen LogP contribution in [-0.4, -0.2) is 32.8 Å². The van der Waals surface area contributed by atoms with Gasteiger partial charge in [0.15, 0.2) is 0 Å². The topological polar surface area (TPSA) is 70.6 Å². The van der Waals surface area contributed by atoms with E-state index in [0.717, 1.165) is 18.9 Å². The van der Waals surface area contributed by atoms with Gasteiger partial charge in [0.25, 0.3) is 0 Å². The summed E-state index contributed by atoms with van der Waals surface area (Å²) in [5.74, 6) is 1.64. The standard InChI is InChI=1S/C15H16N6/c16-5-11-6-19-21(7-11)13-8-20(9-13)15-4-14(17-10-18-15)12-2-1-3-12/h4,6-7,10,12-13H,1-3,8-9H2. The minimum Gasteiger partial charge on any atom is -0.352 e. The summed E-state index contributed by atoms with van der Waals surface area (Å²) >= 11 is 0. The van der Waals surface area contributed by atoms with Gasteiger partial charge in [0.05, 0.1) is 17.8 Å². The van der Waals surface area contributed by atoms with Crippen LogP contribution in [0, 0.1) is 11.3 Å². The van der Waals surface area contributed by atoms with Gasteiger partial charge in [-0.3, -0.25) is 4.68 Å². The molecule has 1 aliphatic heterocycles. The molecule has 2 aromatic heterocycles. The van der Waals surface area contributed by atoms with Crippen molar-refractivity contribution in [3.8, 4) is 6.07 Å². The minimum absolute atomic E-state index is 0.328. The molecule has 0 bridgehead atoms. The second-order valence-corrected chi connectivity index (χ2v) is 5.81. The molecule has 2 fully saturated rings. The maximum atomic E-state index is 8.83. The molecule has 6 heteroatoms. The number of nitriles is 1. The van der Waals surface area contributed by atoms with Crippen LogP contribution in [0.5, 0.6) is 0 Å². The molecule has 0 N–H and O–H groups in total. The molecular formula is C15H16N6. The molecule has 1 saturated carbocycles. The molecule has 0 radical (unpaired) electrons. The van der Waals surface area contributed by atoms with Crippen molar-refractivity contribution in [2.24, 2.45) is 0 Å². The Morgan fingerprint density at radius 2 is 2.10 bits per heavy atom. The van der Waals surface area contributed by atoms with Gasteiger partial charge in [-0.2, -0.15) is 10.4 Å². The van der Waals surface area contributed by atoms with Crippen LogP contribution < -0.4 is 4.90 Å². The Morgan fingerprint density at radius 3 is 2.76 bits per heavy atom. The van der Waals surface area contributed by atoms with E-state index in [-0.39, 0.29) is 0 Å². The first-order chi connectivity index (χ1) is 10.3. The van der Waals surface area contributed by atoms with Crippen LogP contribution in [0.3, 0.4) is 0 Å². The number of aromatic nitrogens is 4. The Hall–Kier alpha value is -2.42. The molecule has 3 heterocycles.